The van der Waals surface area contributed by atoms with Crippen molar-refractivity contribution in [1.82, 2.24) is 4.98 Å². The minimum absolute atomic E-state index is 0.0710. The fourth-order valence-electron chi connectivity index (χ4n) is 1.19. The SMILES string of the molecule is Cc1cc(OC(F)(F)F)c(C(=O)O)nc1CN. The van der Waals surface area contributed by atoms with Gasteiger partial charge in [0.25, 0.3) is 0 Å². The van der Waals surface area contributed by atoms with Crippen molar-refractivity contribution >= 4 is 5.97 Å². The average molecular weight is 250 g/mol. The first kappa shape index (κ1) is 13.2. The Hall–Kier alpha value is -1.83. The van der Waals surface area contributed by atoms with Crippen molar-refractivity contribution in [2.24, 2.45) is 5.73 Å². The number of alkyl halides is 3. The van der Waals surface area contributed by atoms with Gasteiger partial charge in [0.2, 0.25) is 0 Å². The Labute approximate surface area is 94.0 Å². The van der Waals surface area contributed by atoms with E-state index in [4.69, 9.17) is 10.8 Å². The topological polar surface area (TPSA) is 85.4 Å². The summed E-state index contributed by atoms with van der Waals surface area (Å²) in [5.74, 6) is -2.46. The standard InChI is InChI=1S/C9H9F3N2O3/c1-4-2-6(17-9(10,11)12)7(8(15)16)14-5(4)3-13/h2H,3,13H2,1H3,(H,15,16). The number of carboxylic acids is 1. The van der Waals surface area contributed by atoms with E-state index >= 15 is 0 Å². The van der Waals surface area contributed by atoms with Crippen LogP contribution in [0.5, 0.6) is 5.75 Å². The molecule has 3 N–H and O–H groups in total. The maximum atomic E-state index is 12.0. The van der Waals surface area contributed by atoms with Crippen LogP contribution in [0.4, 0.5) is 13.2 Å². The van der Waals surface area contributed by atoms with Crippen LogP contribution < -0.4 is 10.5 Å². The summed E-state index contributed by atoms with van der Waals surface area (Å²) in [7, 11) is 0. The highest BCUT2D eigenvalue weighted by Gasteiger charge is 2.33. The summed E-state index contributed by atoms with van der Waals surface area (Å²) in [5.41, 5.74) is 5.00. The zero-order valence-corrected chi connectivity index (χ0v) is 8.71. The number of nitrogens with zero attached hydrogens (tertiary/aromatic N) is 1. The molecule has 1 aromatic heterocycles. The quantitative estimate of drug-likeness (QED) is 0.847. The van der Waals surface area contributed by atoms with Gasteiger partial charge in [-0.25, -0.2) is 9.78 Å². The molecule has 0 aliphatic carbocycles. The monoisotopic (exact) mass is 250 g/mol. The number of carbonyl (C=O) groups is 1. The molecule has 0 saturated carbocycles. The summed E-state index contributed by atoms with van der Waals surface area (Å²) >= 11 is 0. The van der Waals surface area contributed by atoms with E-state index in [9.17, 15) is 18.0 Å². The molecule has 94 valence electrons. The molecule has 0 aromatic carbocycles. The van der Waals surface area contributed by atoms with Crippen LogP contribution in [-0.2, 0) is 6.54 Å². The Bertz CT molecular complexity index is 446. The molecule has 5 nitrogen and oxygen atoms in total. The molecule has 0 unspecified atom stereocenters. The predicted octanol–water partition coefficient (Wildman–Crippen LogP) is 1.45. The average Bonchev–Trinajstić information content (AvgIpc) is 2.14. The third-order valence-electron chi connectivity index (χ3n) is 1.90. The first-order chi connectivity index (χ1) is 7.74. The summed E-state index contributed by atoms with van der Waals surface area (Å²) in [6.07, 6.45) is -4.97. The van der Waals surface area contributed by atoms with Gasteiger partial charge in [-0.1, -0.05) is 0 Å². The zero-order chi connectivity index (χ0) is 13.2. The lowest BCUT2D eigenvalue weighted by Crippen LogP contribution is -2.20. The molecule has 0 aliphatic heterocycles. The summed E-state index contributed by atoms with van der Waals surface area (Å²) in [5, 5.41) is 8.72. The van der Waals surface area contributed by atoms with Gasteiger partial charge >= 0.3 is 12.3 Å². The van der Waals surface area contributed by atoms with Crippen molar-refractivity contribution in [2.45, 2.75) is 19.8 Å². The number of ether oxygens (including phenoxy) is 1. The Morgan fingerprint density at radius 3 is 2.59 bits per heavy atom. The first-order valence-corrected chi connectivity index (χ1v) is 4.44. The highest BCUT2D eigenvalue weighted by atomic mass is 19.4. The molecule has 0 amide bonds. The molecule has 0 saturated heterocycles. The molecule has 8 heteroatoms. The minimum atomic E-state index is -4.97. The van der Waals surface area contributed by atoms with Gasteiger partial charge < -0.3 is 15.6 Å². The fraction of sp³-hybridized carbons (Fsp3) is 0.333. The number of hydrogen-bond donors (Lipinski definition) is 2. The van der Waals surface area contributed by atoms with Crippen LogP contribution >= 0.6 is 0 Å². The van der Waals surface area contributed by atoms with Crippen LogP contribution in [0.25, 0.3) is 0 Å². The molecule has 1 rings (SSSR count). The number of aromatic nitrogens is 1. The summed E-state index contributed by atoms with van der Waals surface area (Å²) in [6, 6.07) is 0.951. The van der Waals surface area contributed by atoms with Gasteiger partial charge in [-0.2, -0.15) is 0 Å². The second-order valence-corrected chi connectivity index (χ2v) is 3.16. The highest BCUT2D eigenvalue weighted by Crippen LogP contribution is 2.27. The molecule has 0 atom stereocenters. The lowest BCUT2D eigenvalue weighted by atomic mass is 10.2. The first-order valence-electron chi connectivity index (χ1n) is 4.44. The number of pyridine rings is 1. The molecule has 1 aromatic rings. The van der Waals surface area contributed by atoms with E-state index in [0.29, 0.717) is 5.56 Å². The van der Waals surface area contributed by atoms with Crippen LogP contribution in [0.1, 0.15) is 21.7 Å². The van der Waals surface area contributed by atoms with Gasteiger partial charge in [0.1, 0.15) is 0 Å². The Morgan fingerprint density at radius 1 is 1.59 bits per heavy atom. The molecule has 0 fully saturated rings. The van der Waals surface area contributed by atoms with E-state index in [-0.39, 0.29) is 12.2 Å². The Kier molecular flexibility index (Phi) is 3.56. The largest absolute Gasteiger partial charge is 0.573 e. The van der Waals surface area contributed by atoms with Crippen molar-refractivity contribution in [3.8, 4) is 5.75 Å². The van der Waals surface area contributed by atoms with E-state index in [2.05, 4.69) is 9.72 Å². The second kappa shape index (κ2) is 4.58. The van der Waals surface area contributed by atoms with Crippen LogP contribution in [0.3, 0.4) is 0 Å². The molecular weight excluding hydrogens is 241 g/mol. The third-order valence-corrected chi connectivity index (χ3v) is 1.90. The summed E-state index contributed by atoms with van der Waals surface area (Å²) < 4.78 is 39.7. The van der Waals surface area contributed by atoms with Gasteiger partial charge in [-0.05, 0) is 18.6 Å². The molecular formula is C9H9F3N2O3. The van der Waals surface area contributed by atoms with Gasteiger partial charge in [0, 0.05) is 6.54 Å². The van der Waals surface area contributed by atoms with E-state index in [1.54, 1.807) is 0 Å². The van der Waals surface area contributed by atoms with Crippen LogP contribution in [0.15, 0.2) is 6.07 Å². The number of rotatable bonds is 3. The normalized spacial score (nSPS) is 11.4. The van der Waals surface area contributed by atoms with Crippen molar-refractivity contribution in [2.75, 3.05) is 0 Å². The number of aromatic carboxylic acids is 1. The summed E-state index contributed by atoms with van der Waals surface area (Å²) in [4.78, 5) is 14.3. The predicted molar refractivity (Wildman–Crippen MR) is 50.5 cm³/mol. The van der Waals surface area contributed by atoms with Gasteiger partial charge in [-0.15, -0.1) is 13.2 Å². The molecule has 0 bridgehead atoms. The summed E-state index contributed by atoms with van der Waals surface area (Å²) in [6.45, 7) is 1.39. The van der Waals surface area contributed by atoms with Gasteiger partial charge in [0.15, 0.2) is 11.4 Å². The van der Waals surface area contributed by atoms with E-state index in [1.807, 2.05) is 0 Å². The van der Waals surface area contributed by atoms with E-state index in [1.165, 1.54) is 6.92 Å². The maximum absolute atomic E-state index is 12.0. The Morgan fingerprint density at radius 2 is 2.18 bits per heavy atom. The van der Waals surface area contributed by atoms with Crippen LogP contribution in [-0.4, -0.2) is 22.4 Å². The number of nitrogens with two attached hydrogens (primary N) is 1. The maximum Gasteiger partial charge on any atom is 0.573 e. The lowest BCUT2D eigenvalue weighted by Gasteiger charge is -2.13. The third kappa shape index (κ3) is 3.31. The molecule has 0 aliphatic rings. The van der Waals surface area contributed by atoms with Crippen molar-refractivity contribution in [3.05, 3.63) is 23.0 Å². The van der Waals surface area contributed by atoms with Gasteiger partial charge in [-0.3, -0.25) is 0 Å². The molecule has 0 spiro atoms. The van der Waals surface area contributed by atoms with Crippen molar-refractivity contribution in [1.29, 1.82) is 0 Å². The molecule has 1 heterocycles. The molecule has 0 radical (unpaired) electrons. The highest BCUT2D eigenvalue weighted by molar-refractivity contribution is 5.88. The molecule has 17 heavy (non-hydrogen) atoms. The van der Waals surface area contributed by atoms with Crippen LogP contribution in [0.2, 0.25) is 0 Å². The zero-order valence-electron chi connectivity index (χ0n) is 8.71. The minimum Gasteiger partial charge on any atom is -0.476 e. The number of aryl methyl sites for hydroxylation is 1. The van der Waals surface area contributed by atoms with E-state index < -0.39 is 23.8 Å². The number of hydrogen-bond acceptors (Lipinski definition) is 4. The smallest absolute Gasteiger partial charge is 0.476 e. The van der Waals surface area contributed by atoms with Gasteiger partial charge in [0.05, 0.1) is 5.69 Å². The lowest BCUT2D eigenvalue weighted by molar-refractivity contribution is -0.274. The second-order valence-electron chi connectivity index (χ2n) is 3.16. The van der Waals surface area contributed by atoms with Crippen molar-refractivity contribution in [3.63, 3.8) is 0 Å². The Balaban J connectivity index is 3.28. The number of halogens is 3. The number of carboxylic acid groups (broad SMARTS) is 1. The fourth-order valence-corrected chi connectivity index (χ4v) is 1.19. The van der Waals surface area contributed by atoms with E-state index in [0.717, 1.165) is 6.07 Å². The van der Waals surface area contributed by atoms with Crippen LogP contribution in [0, 0.1) is 6.92 Å². The van der Waals surface area contributed by atoms with Crippen molar-refractivity contribution < 1.29 is 27.8 Å².